The lowest BCUT2D eigenvalue weighted by Gasteiger charge is -2.35. The van der Waals surface area contributed by atoms with Gasteiger partial charge in [-0.1, -0.05) is 38.2 Å². The summed E-state index contributed by atoms with van der Waals surface area (Å²) in [4.78, 5) is 11.4. The Bertz CT molecular complexity index is 465. The first-order valence-corrected chi connectivity index (χ1v) is 6.93. The van der Waals surface area contributed by atoms with Gasteiger partial charge in [0.1, 0.15) is 4.75 Å². The van der Waals surface area contributed by atoms with Crippen molar-refractivity contribution in [2.24, 2.45) is 22.7 Å². The van der Waals surface area contributed by atoms with Crippen LogP contribution >= 0.6 is 0 Å². The monoisotopic (exact) mass is 258 g/mol. The van der Waals surface area contributed by atoms with E-state index in [0.29, 0.717) is 0 Å². The van der Waals surface area contributed by atoms with E-state index >= 15 is 0 Å². The zero-order chi connectivity index (χ0) is 13.3. The Kier molecular flexibility index (Phi) is 3.78. The Morgan fingerprint density at radius 3 is 2.41 bits per heavy atom. The average Bonchev–Trinajstić information content (AvgIpc) is 2.15. The molecular weight excluding hydrogens is 240 g/mol. The van der Waals surface area contributed by atoms with Gasteiger partial charge >= 0.3 is 0 Å². The van der Waals surface area contributed by atoms with Crippen molar-refractivity contribution in [2.45, 2.75) is 25.0 Å². The van der Waals surface area contributed by atoms with Gasteiger partial charge in [0.15, 0.2) is 0 Å². The molecule has 1 rings (SSSR count). The van der Waals surface area contributed by atoms with Crippen LogP contribution in [0.3, 0.4) is 0 Å². The van der Waals surface area contributed by atoms with Crippen molar-refractivity contribution in [1.82, 2.24) is 0 Å². The summed E-state index contributed by atoms with van der Waals surface area (Å²) >= 11 is 0. The van der Waals surface area contributed by atoms with E-state index in [0.717, 1.165) is 0 Å². The van der Waals surface area contributed by atoms with Crippen LogP contribution in [0.15, 0.2) is 24.3 Å². The van der Waals surface area contributed by atoms with Gasteiger partial charge in [0.2, 0.25) is 15.9 Å². The Morgan fingerprint density at radius 2 is 2.00 bits per heavy atom. The first kappa shape index (κ1) is 13.9. The molecule has 17 heavy (non-hydrogen) atoms. The van der Waals surface area contributed by atoms with Gasteiger partial charge in [-0.15, -0.1) is 0 Å². The highest BCUT2D eigenvalue weighted by molar-refractivity contribution is 7.90. The number of allylic oxidation sites excluding steroid dienone is 2. The van der Waals surface area contributed by atoms with Crippen LogP contribution in [0.25, 0.3) is 0 Å². The maximum Gasteiger partial charge on any atom is 0.226 e. The molecule has 2 unspecified atom stereocenters. The third kappa shape index (κ3) is 2.58. The third-order valence-corrected chi connectivity index (χ3v) is 4.50. The quantitative estimate of drug-likeness (QED) is 0.757. The van der Waals surface area contributed by atoms with Crippen molar-refractivity contribution in [3.8, 4) is 0 Å². The zero-order valence-corrected chi connectivity index (χ0v) is 10.8. The second-order valence-corrected chi connectivity index (χ2v) is 6.57. The number of nitrogens with two attached hydrogens (primary N) is 2. The van der Waals surface area contributed by atoms with Gasteiger partial charge in [-0.25, -0.2) is 13.6 Å². The molecule has 1 aliphatic carbocycles. The highest BCUT2D eigenvalue weighted by Gasteiger charge is 2.49. The number of primary amides is 1. The maximum absolute atomic E-state index is 11.8. The van der Waals surface area contributed by atoms with Crippen LogP contribution in [0, 0.1) is 11.8 Å². The third-order valence-electron chi connectivity index (χ3n) is 2.88. The SMILES string of the molecule is CC(C)CC1(S(N)(=O)=O)C=CC=CC1C(N)=O. The van der Waals surface area contributed by atoms with Gasteiger partial charge in [0.05, 0.1) is 5.92 Å². The summed E-state index contributed by atoms with van der Waals surface area (Å²) in [6.45, 7) is 3.74. The molecule has 0 bridgehead atoms. The molecule has 0 saturated carbocycles. The Morgan fingerprint density at radius 1 is 1.41 bits per heavy atom. The van der Waals surface area contributed by atoms with Crippen LogP contribution in [-0.2, 0) is 14.8 Å². The van der Waals surface area contributed by atoms with Gasteiger partial charge in [-0.05, 0) is 12.3 Å². The predicted octanol–water partition coefficient (Wildman–Crippen LogP) is 0.287. The lowest BCUT2D eigenvalue weighted by molar-refractivity contribution is -0.121. The number of sulfonamides is 1. The zero-order valence-electron chi connectivity index (χ0n) is 9.96. The van der Waals surface area contributed by atoms with E-state index in [1.165, 1.54) is 12.2 Å². The van der Waals surface area contributed by atoms with Crippen LogP contribution in [0.1, 0.15) is 20.3 Å². The minimum Gasteiger partial charge on any atom is -0.369 e. The van der Waals surface area contributed by atoms with Crippen molar-refractivity contribution in [1.29, 1.82) is 0 Å². The lowest BCUT2D eigenvalue weighted by Crippen LogP contribution is -2.53. The molecule has 5 nitrogen and oxygen atoms in total. The second kappa shape index (κ2) is 4.62. The molecular formula is C11H18N2O3S. The summed E-state index contributed by atoms with van der Waals surface area (Å²) in [6, 6.07) is 0. The van der Waals surface area contributed by atoms with Crippen molar-refractivity contribution in [2.75, 3.05) is 0 Å². The Labute approximate surface area is 102 Å². The van der Waals surface area contributed by atoms with Gasteiger partial charge in [0.25, 0.3) is 0 Å². The molecule has 96 valence electrons. The molecule has 0 fully saturated rings. The van der Waals surface area contributed by atoms with E-state index in [1.54, 1.807) is 12.2 Å². The average molecular weight is 258 g/mol. The van der Waals surface area contributed by atoms with Crippen LogP contribution in [0.5, 0.6) is 0 Å². The highest BCUT2D eigenvalue weighted by Crippen LogP contribution is 2.36. The minimum absolute atomic E-state index is 0.0753. The fourth-order valence-electron chi connectivity index (χ4n) is 2.22. The van der Waals surface area contributed by atoms with E-state index < -0.39 is 26.6 Å². The van der Waals surface area contributed by atoms with E-state index in [4.69, 9.17) is 10.9 Å². The standard InChI is InChI=1S/C11H18N2O3S/c1-8(2)7-11(17(13,15)16)6-4-3-5-9(11)10(12)14/h3-6,8-9H,7H2,1-2H3,(H2,12,14)(H2,13,15,16). The molecule has 1 amide bonds. The summed E-state index contributed by atoms with van der Waals surface area (Å²) in [5.41, 5.74) is 5.27. The molecule has 0 aromatic heterocycles. The van der Waals surface area contributed by atoms with Crippen molar-refractivity contribution in [3.05, 3.63) is 24.3 Å². The van der Waals surface area contributed by atoms with Gasteiger partial charge < -0.3 is 5.73 Å². The molecule has 0 saturated heterocycles. The van der Waals surface area contributed by atoms with Crippen molar-refractivity contribution < 1.29 is 13.2 Å². The van der Waals surface area contributed by atoms with Crippen molar-refractivity contribution >= 4 is 15.9 Å². The van der Waals surface area contributed by atoms with E-state index in [-0.39, 0.29) is 12.3 Å². The van der Waals surface area contributed by atoms with E-state index in [1.807, 2.05) is 13.8 Å². The molecule has 4 N–H and O–H groups in total. The molecule has 0 aromatic carbocycles. The lowest BCUT2D eigenvalue weighted by atomic mass is 9.81. The summed E-state index contributed by atoms with van der Waals surface area (Å²) in [5.74, 6) is -1.52. The molecule has 0 aromatic rings. The van der Waals surface area contributed by atoms with Crippen LogP contribution in [0.2, 0.25) is 0 Å². The molecule has 2 atom stereocenters. The first-order valence-electron chi connectivity index (χ1n) is 5.38. The smallest absolute Gasteiger partial charge is 0.226 e. The topological polar surface area (TPSA) is 103 Å². The number of rotatable bonds is 4. The highest BCUT2D eigenvalue weighted by atomic mass is 32.2. The van der Waals surface area contributed by atoms with Gasteiger partial charge in [0, 0.05) is 0 Å². The normalized spacial score (nSPS) is 28.6. The molecule has 0 aliphatic heterocycles. The second-order valence-electron chi connectivity index (χ2n) is 4.72. The fraction of sp³-hybridized carbons (Fsp3) is 0.545. The number of primary sulfonamides is 1. The van der Waals surface area contributed by atoms with Crippen LogP contribution < -0.4 is 10.9 Å². The summed E-state index contributed by atoms with van der Waals surface area (Å²) in [6.07, 6.45) is 6.43. The molecule has 0 heterocycles. The number of amides is 1. The summed E-state index contributed by atoms with van der Waals surface area (Å²) < 4.78 is 22.3. The van der Waals surface area contributed by atoms with E-state index in [2.05, 4.69) is 0 Å². The first-order chi connectivity index (χ1) is 7.71. The minimum atomic E-state index is -3.92. The molecule has 6 heteroatoms. The van der Waals surface area contributed by atoms with Crippen molar-refractivity contribution in [3.63, 3.8) is 0 Å². The van der Waals surface area contributed by atoms with Gasteiger partial charge in [-0.2, -0.15) is 0 Å². The maximum atomic E-state index is 11.8. The fourth-order valence-corrected chi connectivity index (χ4v) is 3.60. The number of hydrogen-bond acceptors (Lipinski definition) is 3. The Balaban J connectivity index is 3.35. The molecule has 0 radical (unpaired) electrons. The number of hydrogen-bond donors (Lipinski definition) is 2. The van der Waals surface area contributed by atoms with Crippen LogP contribution in [0.4, 0.5) is 0 Å². The Hall–Kier alpha value is -1.14. The molecule has 1 aliphatic rings. The summed E-state index contributed by atoms with van der Waals surface area (Å²) in [7, 11) is -3.92. The number of carbonyl (C=O) groups excluding carboxylic acids is 1. The summed E-state index contributed by atoms with van der Waals surface area (Å²) in [5, 5.41) is 5.30. The predicted molar refractivity (Wildman–Crippen MR) is 66.3 cm³/mol. The van der Waals surface area contributed by atoms with Crippen LogP contribution in [-0.4, -0.2) is 19.1 Å². The molecule has 0 spiro atoms. The number of carbonyl (C=O) groups is 1. The van der Waals surface area contributed by atoms with E-state index in [9.17, 15) is 13.2 Å². The van der Waals surface area contributed by atoms with Gasteiger partial charge in [-0.3, -0.25) is 4.79 Å². The largest absolute Gasteiger partial charge is 0.369 e.